The number of aromatic nitrogens is 15. The highest BCUT2D eigenvalue weighted by Gasteiger charge is 2.52. The number of hydrogen-bond donors (Lipinski definition) is 5. The number of aliphatic hydroxyl groups is 1. The number of rotatable bonds is 18. The van der Waals surface area contributed by atoms with Crippen LogP contribution in [0, 0.1) is 34.0 Å². The van der Waals surface area contributed by atoms with Gasteiger partial charge in [0.25, 0.3) is 0 Å². The molecule has 12 heterocycles. The van der Waals surface area contributed by atoms with Gasteiger partial charge in [0.2, 0.25) is 30.1 Å². The molecule has 0 amide bonds. The average Bonchev–Trinajstić information content (AvgIpc) is 1.01. The number of nitriles is 3. The normalized spacial score (nSPS) is 16.3. The molecule has 2 unspecified atom stereocenters. The second kappa shape index (κ2) is 28.2. The van der Waals surface area contributed by atoms with E-state index in [2.05, 4.69) is 82.7 Å². The molecule has 0 bridgehead atoms. The van der Waals surface area contributed by atoms with E-state index in [1.54, 1.807) is 82.8 Å². The highest BCUT2D eigenvalue weighted by Crippen LogP contribution is 2.39. The second-order valence-corrected chi connectivity index (χ2v) is 28.1. The Morgan fingerprint density at radius 3 is 1.19 bits per heavy atom. The lowest BCUT2D eigenvalue weighted by Gasteiger charge is -2.47. The second-order valence-electron chi connectivity index (χ2n) is 20.1. The van der Waals surface area contributed by atoms with Crippen molar-refractivity contribution in [3.63, 3.8) is 0 Å². The predicted molar refractivity (Wildman–Crippen MR) is 316 cm³/mol. The smallest absolute Gasteiger partial charge is 0.521 e. The largest absolute Gasteiger partial charge is 0.565 e. The molecule has 9 aromatic rings. The quantitative estimate of drug-likeness (QED) is 0.0467. The maximum Gasteiger partial charge on any atom is 0.521 e. The molecule has 0 saturated carbocycles. The van der Waals surface area contributed by atoms with Crippen LogP contribution in [-0.4, -0.2) is 184 Å². The van der Waals surface area contributed by atoms with Crippen LogP contribution in [0.5, 0.6) is 0 Å². The summed E-state index contributed by atoms with van der Waals surface area (Å²) in [5, 5.41) is 67.0. The fourth-order valence-electron chi connectivity index (χ4n) is 10.1. The van der Waals surface area contributed by atoms with E-state index in [-0.39, 0.29) is 85.4 Å². The number of H-pyrrole nitrogens is 2. The van der Waals surface area contributed by atoms with Crippen molar-refractivity contribution in [3.05, 3.63) is 93.0 Å². The number of hydrogen-bond acceptors (Lipinski definition) is 27. The SMILES string of the molecule is CCS(=O)(=O)N1CC(CC#N)(n2cc(-c3ncnc4[nH]ccc34)cn2)C1.CCS(=O)(=O)N1CC(CC#N)(n2cc(-c3ncnc4[nH]ccc34)cn2)C1.CCS(=O)(=O)N1CC(CC#N)(n2cc(-c3ncnc4c3ccn4CO)cn2)C1.O=[P+]([O-])OO.O=[P+]([O-])OO.[HH].[HH]. The lowest BCUT2D eigenvalue weighted by Crippen LogP contribution is -2.64. The minimum absolute atomic E-state index is 0. The van der Waals surface area contributed by atoms with E-state index in [0.29, 0.717) is 11.3 Å². The summed E-state index contributed by atoms with van der Waals surface area (Å²) in [6.07, 6.45) is 20.7. The number of nitrogens with one attached hydrogen (secondary N) is 2. The molecule has 36 nitrogen and oxygen atoms in total. The van der Waals surface area contributed by atoms with Gasteiger partial charge in [-0.15, -0.1) is 0 Å². The minimum Gasteiger partial charge on any atom is -0.565 e. The van der Waals surface area contributed by atoms with Gasteiger partial charge in [-0.2, -0.15) is 44.0 Å². The average molecular weight is 1340 g/mol. The summed E-state index contributed by atoms with van der Waals surface area (Å²) in [5.74, 6) is 0.125. The Hall–Kier alpha value is -8.39. The highest BCUT2D eigenvalue weighted by atomic mass is 32.2. The molecule has 12 rings (SSSR count). The molecule has 2 atom stereocenters. The van der Waals surface area contributed by atoms with Crippen LogP contribution in [0.2, 0.25) is 0 Å². The van der Waals surface area contributed by atoms with Gasteiger partial charge in [0, 0.05) is 122 Å². The van der Waals surface area contributed by atoms with Gasteiger partial charge in [0.05, 0.1) is 90.4 Å². The Morgan fingerprint density at radius 2 is 0.889 bits per heavy atom. The number of fused-ring (bicyclic) bond motifs is 3. The lowest BCUT2D eigenvalue weighted by atomic mass is 9.89. The molecular formula is C49H59N21O15P2S3. The van der Waals surface area contributed by atoms with E-state index >= 15 is 0 Å². The van der Waals surface area contributed by atoms with Crippen molar-refractivity contribution in [1.29, 1.82) is 15.8 Å². The first kappa shape index (κ1) is 67.5. The minimum atomic E-state index is -3.30. The lowest BCUT2D eigenvalue weighted by molar-refractivity contribution is -0.245. The van der Waals surface area contributed by atoms with E-state index in [9.17, 15) is 46.1 Å². The van der Waals surface area contributed by atoms with Gasteiger partial charge in [0.15, 0.2) is 0 Å². The molecule has 5 N–H and O–H groups in total. The molecule has 0 aromatic carbocycles. The fraction of sp³-hybridized carbons (Fsp3) is 0.388. The fourth-order valence-corrected chi connectivity index (χ4v) is 13.8. The van der Waals surface area contributed by atoms with E-state index in [0.717, 1.165) is 55.5 Å². The Balaban J connectivity index is 0.000000202. The summed E-state index contributed by atoms with van der Waals surface area (Å²) >= 11 is 0. The Kier molecular flexibility index (Phi) is 21.2. The summed E-state index contributed by atoms with van der Waals surface area (Å²) in [6.45, 7) is 6.09. The zero-order valence-electron chi connectivity index (χ0n) is 47.7. The van der Waals surface area contributed by atoms with Crippen LogP contribution >= 0.6 is 16.5 Å². The first-order valence-corrected chi connectivity index (χ1v) is 33.6. The summed E-state index contributed by atoms with van der Waals surface area (Å²) < 4.78 is 106. The molecule has 3 fully saturated rings. The van der Waals surface area contributed by atoms with Crippen molar-refractivity contribution >= 4 is 79.7 Å². The van der Waals surface area contributed by atoms with E-state index in [4.69, 9.17) is 29.4 Å². The molecule has 3 saturated heterocycles. The molecular weight excluding hydrogens is 1280 g/mol. The van der Waals surface area contributed by atoms with Crippen molar-refractivity contribution in [1.82, 2.24) is 86.7 Å². The first-order valence-electron chi connectivity index (χ1n) is 26.6. The maximum atomic E-state index is 12.1. The van der Waals surface area contributed by atoms with Gasteiger partial charge in [-0.05, 0) is 48.1 Å². The van der Waals surface area contributed by atoms with Gasteiger partial charge in [-0.25, -0.2) is 65.7 Å². The Morgan fingerprint density at radius 1 is 0.567 bits per heavy atom. The van der Waals surface area contributed by atoms with Crippen LogP contribution in [-0.2, 0) is 71.9 Å². The van der Waals surface area contributed by atoms with Crippen LogP contribution in [0.4, 0.5) is 0 Å². The molecule has 0 spiro atoms. The number of nitrogens with zero attached hydrogens (tertiary/aromatic N) is 19. The molecule has 0 radical (unpaired) electrons. The standard InChI is InChI=1S/C17H19N7O3S.2C16H17N7O2S.2HO4P.2H2/c1-2-28(26,27)23-9-17(10-23,4-5-18)24-8-13(7-21-24)15-14-3-6-22(12-25)16(14)20-11-19-15;2*1-2-26(24,25)22-9-16(10-22,4-5-17)23-8-12(7-21-23)14-13-3-6-18-15(13)20-11-19-14;2*1-4-5(2)3;;/h3,6-8,11,25H,2,4,9-10,12H2,1H3;2*3,6-8,11H,2,4,9-10H2,1H3,(H,18,19,20);2*1H;2*1H. The zero-order chi connectivity index (χ0) is 65.2. The van der Waals surface area contributed by atoms with Crippen molar-refractivity contribution in [2.24, 2.45) is 0 Å². The molecule has 3 aliphatic rings. The van der Waals surface area contributed by atoms with E-state index < -0.39 is 63.2 Å². The first-order chi connectivity index (χ1) is 43.0. The summed E-state index contributed by atoms with van der Waals surface area (Å²) in [4.78, 5) is 49.5. The monoisotopic (exact) mass is 1340 g/mol. The third-order valence-electron chi connectivity index (χ3n) is 14.9. The molecule has 0 aliphatic carbocycles. The maximum absolute atomic E-state index is 12.1. The number of sulfonamides is 3. The summed E-state index contributed by atoms with van der Waals surface area (Å²) in [6, 6.07) is 12.1. The third-order valence-corrected chi connectivity index (χ3v) is 20.5. The molecule has 41 heteroatoms. The van der Waals surface area contributed by atoms with Crippen molar-refractivity contribution in [2.75, 3.05) is 56.5 Å². The topological polar surface area (TPSA) is 510 Å². The summed E-state index contributed by atoms with van der Waals surface area (Å²) in [5.41, 5.74) is 4.59. The Labute approximate surface area is 516 Å². The van der Waals surface area contributed by atoms with Crippen molar-refractivity contribution in [2.45, 2.75) is 63.4 Å². The van der Waals surface area contributed by atoms with Crippen molar-refractivity contribution < 1.29 is 72.0 Å². The van der Waals surface area contributed by atoms with Crippen LogP contribution in [0.15, 0.2) is 93.0 Å². The van der Waals surface area contributed by atoms with Crippen LogP contribution in [0.1, 0.15) is 42.9 Å². The van der Waals surface area contributed by atoms with Gasteiger partial charge >= 0.3 is 16.5 Å². The molecule has 9 aromatic heterocycles. The number of aromatic amines is 2. The van der Waals surface area contributed by atoms with Crippen LogP contribution in [0.25, 0.3) is 66.9 Å². The van der Waals surface area contributed by atoms with Gasteiger partial charge in [-0.3, -0.25) is 14.0 Å². The predicted octanol–water partition coefficient (Wildman–Crippen LogP) is 2.19. The summed E-state index contributed by atoms with van der Waals surface area (Å²) in [7, 11) is -15.9. The van der Waals surface area contributed by atoms with Gasteiger partial charge < -0.3 is 29.4 Å². The van der Waals surface area contributed by atoms with Crippen molar-refractivity contribution in [3.8, 4) is 52.0 Å². The van der Waals surface area contributed by atoms with Gasteiger partial charge in [-0.1, -0.05) is 0 Å². The molecule has 478 valence electrons. The van der Waals surface area contributed by atoms with E-state index in [1.165, 1.54) is 31.9 Å². The van der Waals surface area contributed by atoms with Crippen LogP contribution in [0.3, 0.4) is 0 Å². The van der Waals surface area contributed by atoms with E-state index in [1.807, 2.05) is 30.6 Å². The van der Waals surface area contributed by atoms with Crippen LogP contribution < -0.4 is 9.79 Å². The third kappa shape index (κ3) is 14.1. The van der Waals surface area contributed by atoms with Gasteiger partial charge in [0.1, 0.15) is 59.3 Å². The molecule has 3 aliphatic heterocycles. The highest BCUT2D eigenvalue weighted by molar-refractivity contribution is 7.89. The zero-order valence-corrected chi connectivity index (χ0v) is 51.9. The molecule has 90 heavy (non-hydrogen) atoms. The number of aliphatic hydroxyl groups excluding tert-OH is 1. The Bertz CT molecular complexity index is 4350.